The molecule has 4 aromatic rings. The molecule has 2 atom stereocenters. The van der Waals surface area contributed by atoms with Crippen LogP contribution in [0.2, 0.25) is 0 Å². The van der Waals surface area contributed by atoms with Crippen molar-refractivity contribution in [2.45, 2.75) is 69.1 Å². The van der Waals surface area contributed by atoms with Gasteiger partial charge in [0.15, 0.2) is 5.78 Å². The molecule has 0 radical (unpaired) electrons. The van der Waals surface area contributed by atoms with E-state index in [9.17, 15) is 9.59 Å². The number of benzene rings is 4. The van der Waals surface area contributed by atoms with E-state index in [0.717, 1.165) is 35.5 Å². The zero-order chi connectivity index (χ0) is 32.2. The van der Waals surface area contributed by atoms with Crippen LogP contribution in [0.15, 0.2) is 72.8 Å². The lowest BCUT2D eigenvalue weighted by Gasteiger charge is -2.30. The molecule has 0 aromatic heterocycles. The lowest BCUT2D eigenvalue weighted by molar-refractivity contribution is 0.0734. The van der Waals surface area contributed by atoms with Gasteiger partial charge in [0.1, 0.15) is 36.2 Å². The van der Waals surface area contributed by atoms with E-state index in [1.165, 1.54) is 22.3 Å². The Labute approximate surface area is 269 Å². The number of ketones is 1. The van der Waals surface area contributed by atoms with Crippen LogP contribution in [0, 0.1) is 0 Å². The van der Waals surface area contributed by atoms with Crippen LogP contribution in [0.1, 0.15) is 102 Å². The zero-order valence-corrected chi connectivity index (χ0v) is 27.2. The summed E-state index contributed by atoms with van der Waals surface area (Å²) in [5, 5.41) is 0. The standard InChI is InChI=1S/C40H38O6/c1-23(41)24-7-13-34-32(15-24)40(21-44-34)22-45-35-14-8-25(16-33(35)40)36(42)46-27-10-12-29-31(18-27)39(20-38(29,4)5)19-37(2,3)28-11-9-26(43-6)17-30(28)39/h7-18H,19-22H2,1-6H3. The topological polar surface area (TPSA) is 71.1 Å². The van der Waals surface area contributed by atoms with Crippen LogP contribution in [-0.4, -0.2) is 32.1 Å². The second-order valence-corrected chi connectivity index (χ2v) is 14.8. The van der Waals surface area contributed by atoms with Crippen LogP contribution in [0.4, 0.5) is 0 Å². The quantitative estimate of drug-likeness (QED) is 0.133. The van der Waals surface area contributed by atoms with Gasteiger partial charge in [0.2, 0.25) is 0 Å². The van der Waals surface area contributed by atoms with Gasteiger partial charge in [-0.25, -0.2) is 4.79 Å². The Bertz CT molecular complexity index is 1980. The van der Waals surface area contributed by atoms with Crippen LogP contribution in [0.25, 0.3) is 0 Å². The largest absolute Gasteiger partial charge is 0.497 e. The Morgan fingerprint density at radius 2 is 1.13 bits per heavy atom. The fourth-order valence-electron chi connectivity index (χ4n) is 8.97. The first-order chi connectivity index (χ1) is 21.9. The molecule has 4 aromatic carbocycles. The van der Waals surface area contributed by atoms with E-state index >= 15 is 0 Å². The maximum absolute atomic E-state index is 13.8. The first-order valence-corrected chi connectivity index (χ1v) is 16.0. The van der Waals surface area contributed by atoms with Crippen LogP contribution in [0.3, 0.4) is 0 Å². The van der Waals surface area contributed by atoms with E-state index in [0.29, 0.717) is 35.8 Å². The van der Waals surface area contributed by atoms with Crippen molar-refractivity contribution in [1.29, 1.82) is 0 Å². The fraction of sp³-hybridized carbons (Fsp3) is 0.350. The first kappa shape index (κ1) is 28.9. The third kappa shape index (κ3) is 3.95. The third-order valence-corrected chi connectivity index (χ3v) is 11.0. The van der Waals surface area contributed by atoms with Gasteiger partial charge in [0.05, 0.1) is 18.1 Å². The predicted octanol–water partition coefficient (Wildman–Crippen LogP) is 7.84. The van der Waals surface area contributed by atoms with Crippen molar-refractivity contribution in [3.05, 3.63) is 117 Å². The van der Waals surface area contributed by atoms with Gasteiger partial charge in [-0.2, -0.15) is 0 Å². The number of carbonyl (C=O) groups is 2. The van der Waals surface area contributed by atoms with Crippen molar-refractivity contribution >= 4 is 11.8 Å². The van der Waals surface area contributed by atoms with Gasteiger partial charge < -0.3 is 18.9 Å². The fourth-order valence-corrected chi connectivity index (χ4v) is 8.97. The van der Waals surface area contributed by atoms with Gasteiger partial charge >= 0.3 is 5.97 Å². The summed E-state index contributed by atoms with van der Waals surface area (Å²) in [5.74, 6) is 2.39. The Morgan fingerprint density at radius 3 is 1.70 bits per heavy atom. The number of ether oxygens (including phenoxy) is 4. The highest BCUT2D eigenvalue weighted by atomic mass is 16.5. The molecule has 2 aliphatic heterocycles. The van der Waals surface area contributed by atoms with Crippen LogP contribution in [-0.2, 0) is 21.7 Å². The normalized spacial score (nSPS) is 23.7. The van der Waals surface area contributed by atoms with E-state index in [1.54, 1.807) is 26.2 Å². The molecule has 46 heavy (non-hydrogen) atoms. The van der Waals surface area contributed by atoms with Crippen molar-refractivity contribution in [2.75, 3.05) is 20.3 Å². The van der Waals surface area contributed by atoms with E-state index in [2.05, 4.69) is 58.0 Å². The van der Waals surface area contributed by atoms with Gasteiger partial charge in [0, 0.05) is 22.1 Å². The first-order valence-electron chi connectivity index (χ1n) is 16.0. The smallest absolute Gasteiger partial charge is 0.343 e. The average Bonchev–Trinajstić information content (AvgIpc) is 3.72. The number of Topliss-reactive ketones (excluding diaryl/α,β-unsaturated/α-hetero) is 1. The molecule has 6 nitrogen and oxygen atoms in total. The van der Waals surface area contributed by atoms with Gasteiger partial charge in [-0.15, -0.1) is 0 Å². The van der Waals surface area contributed by atoms with Crippen molar-refractivity contribution in [2.24, 2.45) is 0 Å². The summed E-state index contributed by atoms with van der Waals surface area (Å²) in [6.45, 7) is 11.6. The minimum Gasteiger partial charge on any atom is -0.497 e. The highest BCUT2D eigenvalue weighted by Crippen LogP contribution is 2.63. The van der Waals surface area contributed by atoms with Crippen molar-refractivity contribution in [1.82, 2.24) is 0 Å². The third-order valence-electron chi connectivity index (χ3n) is 11.0. The summed E-state index contributed by atoms with van der Waals surface area (Å²) in [4.78, 5) is 26.0. The van der Waals surface area contributed by atoms with Crippen LogP contribution >= 0.6 is 0 Å². The number of fused-ring (bicyclic) bond motifs is 8. The molecule has 234 valence electrons. The summed E-state index contributed by atoms with van der Waals surface area (Å²) in [7, 11) is 1.72. The monoisotopic (exact) mass is 614 g/mol. The molecule has 2 spiro atoms. The van der Waals surface area contributed by atoms with Crippen molar-refractivity contribution in [3.63, 3.8) is 0 Å². The molecule has 0 amide bonds. The van der Waals surface area contributed by atoms with E-state index in [-0.39, 0.29) is 22.0 Å². The maximum atomic E-state index is 13.8. The molecule has 0 saturated heterocycles. The molecule has 2 unspecified atom stereocenters. The molecule has 4 aliphatic rings. The Morgan fingerprint density at radius 1 is 0.609 bits per heavy atom. The van der Waals surface area contributed by atoms with E-state index < -0.39 is 11.4 Å². The summed E-state index contributed by atoms with van der Waals surface area (Å²) in [5.41, 5.74) is 7.15. The molecular weight excluding hydrogens is 576 g/mol. The van der Waals surface area contributed by atoms with Gasteiger partial charge in [-0.05, 0) is 114 Å². The van der Waals surface area contributed by atoms with E-state index in [1.807, 2.05) is 30.3 Å². The molecule has 0 saturated carbocycles. The molecule has 6 heteroatoms. The summed E-state index contributed by atoms with van der Waals surface area (Å²) < 4.78 is 24.0. The minimum atomic E-state index is -0.596. The summed E-state index contributed by atoms with van der Waals surface area (Å²) in [6, 6.07) is 23.6. The lowest BCUT2D eigenvalue weighted by atomic mass is 9.72. The van der Waals surface area contributed by atoms with Gasteiger partial charge in [-0.3, -0.25) is 4.79 Å². The number of rotatable bonds is 4. The molecule has 0 fully saturated rings. The van der Waals surface area contributed by atoms with Gasteiger partial charge in [0.25, 0.3) is 0 Å². The molecule has 8 rings (SSSR count). The Hall–Kier alpha value is -4.58. The predicted molar refractivity (Wildman–Crippen MR) is 175 cm³/mol. The van der Waals surface area contributed by atoms with E-state index in [4.69, 9.17) is 18.9 Å². The average molecular weight is 615 g/mol. The summed E-state index contributed by atoms with van der Waals surface area (Å²) >= 11 is 0. The lowest BCUT2D eigenvalue weighted by Crippen LogP contribution is -2.31. The second kappa shape index (κ2) is 9.47. The number of hydrogen-bond donors (Lipinski definition) is 0. The minimum absolute atomic E-state index is 0.00961. The second-order valence-electron chi connectivity index (χ2n) is 14.8. The Balaban J connectivity index is 1.15. The van der Waals surface area contributed by atoms with Crippen molar-refractivity contribution in [3.8, 4) is 23.0 Å². The van der Waals surface area contributed by atoms with Crippen LogP contribution in [0.5, 0.6) is 23.0 Å². The van der Waals surface area contributed by atoms with Crippen LogP contribution < -0.4 is 18.9 Å². The summed E-state index contributed by atoms with van der Waals surface area (Å²) in [6.07, 6.45) is 1.94. The molecule has 0 N–H and O–H groups in total. The number of carbonyl (C=O) groups excluding carboxylic acids is 2. The zero-order valence-electron chi connectivity index (χ0n) is 27.2. The molecular formula is C40H38O6. The Kier molecular flexibility index (Phi) is 5.95. The maximum Gasteiger partial charge on any atom is 0.343 e. The molecule has 2 aliphatic carbocycles. The number of methoxy groups -OCH3 is 1. The number of hydrogen-bond acceptors (Lipinski definition) is 6. The van der Waals surface area contributed by atoms with Gasteiger partial charge in [-0.1, -0.05) is 39.8 Å². The number of esters is 1. The SMILES string of the molecule is COc1ccc2c(c1)C1(CC2(C)C)CC(C)(C)c2ccc(OC(=O)c3ccc4c(c3)C3(COc5ccc(C(C)=O)cc53)CO4)cc21. The molecule has 0 bridgehead atoms. The van der Waals surface area contributed by atoms with Crippen molar-refractivity contribution < 1.29 is 28.5 Å². The highest BCUT2D eigenvalue weighted by molar-refractivity contribution is 5.95. The molecule has 2 heterocycles. The highest BCUT2D eigenvalue weighted by Gasteiger charge is 2.56.